The predicted molar refractivity (Wildman–Crippen MR) is 94.4 cm³/mol. The van der Waals surface area contributed by atoms with Crippen LogP contribution in [0.4, 0.5) is 0 Å². The SMILES string of the molecule is C[C@@H](NC(=O)COC(=O)Cn1ccccc1=O)c1cc2ccccc2o1. The Kier molecular flexibility index (Phi) is 5.17. The fourth-order valence-corrected chi connectivity index (χ4v) is 2.49. The molecule has 0 unspecified atom stereocenters. The molecule has 0 aliphatic heterocycles. The van der Waals surface area contributed by atoms with Crippen molar-refractivity contribution in [2.45, 2.75) is 19.5 Å². The second-order valence-electron chi connectivity index (χ2n) is 5.80. The largest absolute Gasteiger partial charge is 0.459 e. The second kappa shape index (κ2) is 7.69. The Labute approximate surface area is 149 Å². The zero-order chi connectivity index (χ0) is 18.5. The molecule has 7 heteroatoms. The fourth-order valence-electron chi connectivity index (χ4n) is 2.49. The van der Waals surface area contributed by atoms with Crippen LogP contribution in [0.25, 0.3) is 11.0 Å². The molecular weight excluding hydrogens is 336 g/mol. The summed E-state index contributed by atoms with van der Waals surface area (Å²) in [6.45, 7) is 1.11. The molecular formula is C19H18N2O5. The summed E-state index contributed by atoms with van der Waals surface area (Å²) in [7, 11) is 0. The molecule has 0 saturated heterocycles. The first-order valence-corrected chi connectivity index (χ1v) is 8.12. The number of carbonyl (C=O) groups excluding carboxylic acids is 2. The third-order valence-corrected chi connectivity index (χ3v) is 3.81. The fraction of sp³-hybridized carbons (Fsp3) is 0.211. The lowest BCUT2D eigenvalue weighted by molar-refractivity contribution is -0.149. The summed E-state index contributed by atoms with van der Waals surface area (Å²) in [5.41, 5.74) is 0.427. The van der Waals surface area contributed by atoms with Gasteiger partial charge in [-0.05, 0) is 25.1 Å². The summed E-state index contributed by atoms with van der Waals surface area (Å²) in [5.74, 6) is -0.502. The number of para-hydroxylation sites is 1. The molecule has 0 spiro atoms. The Bertz CT molecular complexity index is 956. The highest BCUT2D eigenvalue weighted by Gasteiger charge is 2.15. The average Bonchev–Trinajstić information content (AvgIpc) is 3.06. The maximum atomic E-state index is 12.0. The van der Waals surface area contributed by atoms with Crippen LogP contribution in [0.1, 0.15) is 18.7 Å². The van der Waals surface area contributed by atoms with E-state index in [0.717, 1.165) is 11.0 Å². The Morgan fingerprint density at radius 2 is 1.96 bits per heavy atom. The van der Waals surface area contributed by atoms with E-state index in [2.05, 4.69) is 5.32 Å². The van der Waals surface area contributed by atoms with Gasteiger partial charge in [0.05, 0.1) is 6.04 Å². The zero-order valence-corrected chi connectivity index (χ0v) is 14.2. The van der Waals surface area contributed by atoms with Crippen LogP contribution in [0.15, 0.2) is 63.9 Å². The van der Waals surface area contributed by atoms with Crippen molar-refractivity contribution in [3.63, 3.8) is 0 Å². The van der Waals surface area contributed by atoms with E-state index in [4.69, 9.17) is 9.15 Å². The van der Waals surface area contributed by atoms with Crippen LogP contribution in [0, 0.1) is 0 Å². The number of fused-ring (bicyclic) bond motifs is 1. The Morgan fingerprint density at radius 3 is 2.73 bits per heavy atom. The number of amides is 1. The molecule has 26 heavy (non-hydrogen) atoms. The molecule has 0 fully saturated rings. The Hall–Kier alpha value is -3.35. The maximum absolute atomic E-state index is 12.0. The van der Waals surface area contributed by atoms with Crippen molar-refractivity contribution < 1.29 is 18.7 Å². The number of nitrogens with zero attached hydrogens (tertiary/aromatic N) is 1. The van der Waals surface area contributed by atoms with Gasteiger partial charge in [-0.15, -0.1) is 0 Å². The number of furan rings is 1. The summed E-state index contributed by atoms with van der Waals surface area (Å²) in [5, 5.41) is 3.66. The number of hydrogen-bond donors (Lipinski definition) is 1. The number of nitrogens with one attached hydrogen (secondary N) is 1. The average molecular weight is 354 g/mol. The van der Waals surface area contributed by atoms with Gasteiger partial charge in [-0.25, -0.2) is 0 Å². The lowest BCUT2D eigenvalue weighted by Gasteiger charge is -2.12. The number of rotatable bonds is 6. The molecule has 1 N–H and O–H groups in total. The highest BCUT2D eigenvalue weighted by atomic mass is 16.5. The molecule has 0 bridgehead atoms. The minimum Gasteiger partial charge on any atom is -0.459 e. The molecule has 0 saturated carbocycles. The maximum Gasteiger partial charge on any atom is 0.326 e. The summed E-state index contributed by atoms with van der Waals surface area (Å²) in [6, 6.07) is 13.6. The molecule has 2 heterocycles. The first-order valence-electron chi connectivity index (χ1n) is 8.12. The van der Waals surface area contributed by atoms with E-state index >= 15 is 0 Å². The van der Waals surface area contributed by atoms with E-state index in [9.17, 15) is 14.4 Å². The van der Waals surface area contributed by atoms with Crippen molar-refractivity contribution in [3.8, 4) is 0 Å². The summed E-state index contributed by atoms with van der Waals surface area (Å²) in [6.07, 6.45) is 1.48. The number of carbonyl (C=O) groups is 2. The molecule has 2 aromatic heterocycles. The van der Waals surface area contributed by atoms with Crippen molar-refractivity contribution in [1.82, 2.24) is 9.88 Å². The minimum atomic E-state index is -0.662. The molecule has 1 amide bonds. The van der Waals surface area contributed by atoms with E-state index in [1.807, 2.05) is 30.3 Å². The van der Waals surface area contributed by atoms with Gasteiger partial charge in [-0.2, -0.15) is 0 Å². The van der Waals surface area contributed by atoms with Gasteiger partial charge in [0.1, 0.15) is 17.9 Å². The third-order valence-electron chi connectivity index (χ3n) is 3.81. The molecule has 1 atom stereocenters. The van der Waals surface area contributed by atoms with Crippen molar-refractivity contribution in [2.24, 2.45) is 0 Å². The van der Waals surface area contributed by atoms with Gasteiger partial charge in [0, 0.05) is 17.6 Å². The van der Waals surface area contributed by atoms with Gasteiger partial charge in [-0.3, -0.25) is 14.4 Å². The molecule has 0 aliphatic rings. The smallest absolute Gasteiger partial charge is 0.326 e. The third kappa shape index (κ3) is 4.18. The highest BCUT2D eigenvalue weighted by molar-refractivity contribution is 5.81. The minimum absolute atomic E-state index is 0.244. The van der Waals surface area contributed by atoms with Gasteiger partial charge >= 0.3 is 5.97 Å². The Morgan fingerprint density at radius 1 is 1.19 bits per heavy atom. The van der Waals surface area contributed by atoms with E-state index in [1.54, 1.807) is 19.1 Å². The van der Waals surface area contributed by atoms with Crippen LogP contribution in [-0.4, -0.2) is 23.1 Å². The number of ether oxygens (including phenoxy) is 1. The van der Waals surface area contributed by atoms with Crippen molar-refractivity contribution in [1.29, 1.82) is 0 Å². The quantitative estimate of drug-likeness (QED) is 0.684. The number of hydrogen-bond acceptors (Lipinski definition) is 5. The van der Waals surface area contributed by atoms with Crippen LogP contribution in [-0.2, 0) is 20.9 Å². The van der Waals surface area contributed by atoms with Gasteiger partial charge in [0.15, 0.2) is 6.61 Å². The van der Waals surface area contributed by atoms with Crippen molar-refractivity contribution in [3.05, 3.63) is 70.8 Å². The Balaban J connectivity index is 1.51. The van der Waals surface area contributed by atoms with Crippen LogP contribution in [0.2, 0.25) is 0 Å². The van der Waals surface area contributed by atoms with Crippen LogP contribution in [0.3, 0.4) is 0 Å². The second-order valence-corrected chi connectivity index (χ2v) is 5.80. The summed E-state index contributed by atoms with van der Waals surface area (Å²) < 4.78 is 11.8. The number of benzene rings is 1. The lowest BCUT2D eigenvalue weighted by atomic mass is 10.2. The molecule has 134 valence electrons. The van der Waals surface area contributed by atoms with Crippen LogP contribution in [0.5, 0.6) is 0 Å². The van der Waals surface area contributed by atoms with Gasteiger partial charge in [0.25, 0.3) is 11.5 Å². The van der Waals surface area contributed by atoms with E-state index in [0.29, 0.717) is 5.76 Å². The molecule has 0 radical (unpaired) electrons. The topological polar surface area (TPSA) is 90.5 Å². The molecule has 1 aromatic carbocycles. The van der Waals surface area contributed by atoms with E-state index in [-0.39, 0.29) is 18.1 Å². The molecule has 3 aromatic rings. The standard InChI is InChI=1S/C19H18N2O5/c1-13(16-10-14-6-2-3-7-15(14)26-16)20-17(22)12-25-19(24)11-21-9-5-4-8-18(21)23/h2-10,13H,11-12H2,1H3,(H,20,22)/t13-/m1/s1. The molecule has 3 rings (SSSR count). The normalized spacial score (nSPS) is 11.9. The van der Waals surface area contributed by atoms with E-state index < -0.39 is 18.5 Å². The van der Waals surface area contributed by atoms with Crippen LogP contribution < -0.4 is 10.9 Å². The summed E-state index contributed by atoms with van der Waals surface area (Å²) >= 11 is 0. The zero-order valence-electron chi connectivity index (χ0n) is 14.2. The monoisotopic (exact) mass is 354 g/mol. The first-order chi connectivity index (χ1) is 12.5. The van der Waals surface area contributed by atoms with Crippen molar-refractivity contribution >= 4 is 22.8 Å². The summed E-state index contributed by atoms with van der Waals surface area (Å²) in [4.78, 5) is 35.3. The van der Waals surface area contributed by atoms with Gasteiger partial charge < -0.3 is 19.0 Å². The predicted octanol–water partition coefficient (Wildman–Crippen LogP) is 2.02. The molecule has 7 nitrogen and oxygen atoms in total. The number of aromatic nitrogens is 1. The van der Waals surface area contributed by atoms with Crippen molar-refractivity contribution in [2.75, 3.05) is 6.61 Å². The van der Waals surface area contributed by atoms with E-state index in [1.165, 1.54) is 16.8 Å². The number of pyridine rings is 1. The first kappa shape index (κ1) is 17.5. The van der Waals surface area contributed by atoms with Crippen LogP contribution >= 0.6 is 0 Å². The lowest BCUT2D eigenvalue weighted by Crippen LogP contribution is -2.32. The highest BCUT2D eigenvalue weighted by Crippen LogP contribution is 2.23. The number of esters is 1. The molecule has 0 aliphatic carbocycles. The van der Waals surface area contributed by atoms with Gasteiger partial charge in [-0.1, -0.05) is 24.3 Å². The van der Waals surface area contributed by atoms with Gasteiger partial charge in [0.2, 0.25) is 0 Å².